The molecule has 1 amide bonds. The first-order valence-electron chi connectivity index (χ1n) is 11.4. The maximum Gasteiger partial charge on any atom is 0.274 e. The Labute approximate surface area is 205 Å². The molecule has 8 nitrogen and oxygen atoms in total. The molecule has 2 aromatic rings. The van der Waals surface area contributed by atoms with Crippen LogP contribution in [0.2, 0.25) is 0 Å². The number of hydrogen-bond acceptors (Lipinski definition) is 6. The van der Waals surface area contributed by atoms with Crippen molar-refractivity contribution in [2.75, 3.05) is 18.7 Å². The number of rotatable bonds is 8. The van der Waals surface area contributed by atoms with Gasteiger partial charge in [-0.25, -0.2) is 31.5 Å². The van der Waals surface area contributed by atoms with Crippen LogP contribution < -0.4 is 5.32 Å². The zero-order chi connectivity index (χ0) is 26.3. The quantitative estimate of drug-likeness (QED) is 0.479. The number of nitrogens with one attached hydrogen (secondary N) is 2. The lowest BCUT2D eigenvalue weighted by molar-refractivity contribution is -0.233. The van der Waals surface area contributed by atoms with E-state index < -0.39 is 57.2 Å². The Kier molecular flexibility index (Phi) is 5.40. The molecule has 4 saturated carbocycles. The van der Waals surface area contributed by atoms with Gasteiger partial charge in [0.1, 0.15) is 10.7 Å². The fourth-order valence-electron chi connectivity index (χ4n) is 6.15. The fraction of sp³-hybridized carbons (Fsp3) is 0.609. The Morgan fingerprint density at radius 1 is 1.28 bits per heavy atom. The molecule has 2 heterocycles. The molecule has 13 heteroatoms. The van der Waals surface area contributed by atoms with Gasteiger partial charge in [0.15, 0.2) is 0 Å². The van der Waals surface area contributed by atoms with Gasteiger partial charge in [0.25, 0.3) is 12.3 Å². The van der Waals surface area contributed by atoms with Crippen molar-refractivity contribution in [1.29, 1.82) is 4.78 Å². The van der Waals surface area contributed by atoms with E-state index in [1.807, 2.05) is 0 Å². The van der Waals surface area contributed by atoms with Gasteiger partial charge < -0.3 is 10.1 Å². The largest absolute Gasteiger partial charge is 0.378 e. The molecule has 1 atom stereocenters. The van der Waals surface area contributed by atoms with E-state index in [0.29, 0.717) is 19.3 Å². The lowest BCUT2D eigenvalue weighted by atomic mass is 9.39. The Balaban J connectivity index is 1.54. The molecular formula is C23H27F4N5O3S. The molecule has 2 bridgehead atoms. The molecule has 0 aromatic carbocycles. The second-order valence-corrected chi connectivity index (χ2v) is 13.1. The molecular weight excluding hydrogens is 502 g/mol. The highest BCUT2D eigenvalue weighted by molar-refractivity contribution is 7.91. The summed E-state index contributed by atoms with van der Waals surface area (Å²) >= 11 is 0. The minimum atomic E-state index is -3.18. The van der Waals surface area contributed by atoms with Crippen LogP contribution in [0.25, 0.3) is 0 Å². The number of carbonyl (C=O) groups is 1. The summed E-state index contributed by atoms with van der Waals surface area (Å²) < 4.78 is 82.8. The van der Waals surface area contributed by atoms with E-state index >= 15 is 0 Å². The number of anilines is 1. The summed E-state index contributed by atoms with van der Waals surface area (Å²) in [5, 5.41) is 6.89. The molecule has 0 saturated heterocycles. The first-order chi connectivity index (χ1) is 16.6. The van der Waals surface area contributed by atoms with Crippen LogP contribution in [0, 0.1) is 10.2 Å². The second-order valence-electron chi connectivity index (χ2n) is 11.0. The summed E-state index contributed by atoms with van der Waals surface area (Å²) in [4.78, 5) is 17.3. The van der Waals surface area contributed by atoms with E-state index in [2.05, 4.69) is 15.4 Å². The molecule has 2 aromatic heterocycles. The minimum Gasteiger partial charge on any atom is -0.378 e. The van der Waals surface area contributed by atoms with Crippen LogP contribution in [0.4, 0.5) is 23.2 Å². The number of carbonyl (C=O) groups excluding carboxylic acids is 1. The zero-order valence-electron chi connectivity index (χ0n) is 20.0. The van der Waals surface area contributed by atoms with Gasteiger partial charge in [0, 0.05) is 50.1 Å². The number of nitrogens with zero attached hydrogens (tertiary/aromatic N) is 3. The second kappa shape index (κ2) is 7.73. The number of methoxy groups -OCH3 is 1. The highest BCUT2D eigenvalue weighted by atomic mass is 32.2. The average molecular weight is 530 g/mol. The summed E-state index contributed by atoms with van der Waals surface area (Å²) in [5.41, 5.74) is -2.53. The van der Waals surface area contributed by atoms with E-state index in [4.69, 9.17) is 9.52 Å². The number of pyridine rings is 1. The lowest BCUT2D eigenvalue weighted by Gasteiger charge is -2.68. The van der Waals surface area contributed by atoms with Crippen LogP contribution in [0.5, 0.6) is 0 Å². The van der Waals surface area contributed by atoms with E-state index in [0.717, 1.165) is 4.68 Å². The number of amides is 1. The predicted molar refractivity (Wildman–Crippen MR) is 122 cm³/mol. The summed E-state index contributed by atoms with van der Waals surface area (Å²) in [6, 6.07) is 2.63. The molecule has 4 fully saturated rings. The van der Waals surface area contributed by atoms with Crippen molar-refractivity contribution in [3.63, 3.8) is 0 Å². The molecule has 2 N–H and O–H groups in total. The van der Waals surface area contributed by atoms with Gasteiger partial charge in [-0.2, -0.15) is 5.10 Å². The summed E-state index contributed by atoms with van der Waals surface area (Å²) in [6.45, 7) is 1.51. The maximum atomic E-state index is 14.5. The molecule has 1 unspecified atom stereocenters. The number of ether oxygens (including phenoxy) is 1. The van der Waals surface area contributed by atoms with Crippen LogP contribution in [-0.2, 0) is 26.4 Å². The monoisotopic (exact) mass is 529 g/mol. The zero-order valence-corrected chi connectivity index (χ0v) is 20.9. The van der Waals surface area contributed by atoms with E-state index in [-0.39, 0.29) is 34.2 Å². The molecule has 196 valence electrons. The Morgan fingerprint density at radius 3 is 2.44 bits per heavy atom. The van der Waals surface area contributed by atoms with Crippen LogP contribution in [0.1, 0.15) is 67.2 Å². The normalized spacial score (nSPS) is 29.0. The Bertz CT molecular complexity index is 1330. The van der Waals surface area contributed by atoms with E-state index in [1.165, 1.54) is 24.6 Å². The van der Waals surface area contributed by atoms with E-state index in [1.54, 1.807) is 14.0 Å². The highest BCUT2D eigenvalue weighted by Gasteiger charge is 2.71. The van der Waals surface area contributed by atoms with Crippen molar-refractivity contribution >= 4 is 21.3 Å². The van der Waals surface area contributed by atoms with Gasteiger partial charge in [0.2, 0.25) is 5.92 Å². The van der Waals surface area contributed by atoms with Crippen LogP contribution in [0.15, 0.2) is 23.4 Å². The topological polar surface area (TPSA) is 110 Å². The molecule has 36 heavy (non-hydrogen) atoms. The summed E-state index contributed by atoms with van der Waals surface area (Å²) in [6.07, 6.45) is 0.0587. The first-order valence-corrected chi connectivity index (χ1v) is 13.4. The summed E-state index contributed by atoms with van der Waals surface area (Å²) in [5.74, 6) is -3.73. The average Bonchev–Trinajstić information content (AvgIpc) is 3.03. The number of hydrogen-bond donors (Lipinski definition) is 2. The smallest absolute Gasteiger partial charge is 0.274 e. The molecule has 4 aliphatic carbocycles. The number of alkyl halides is 4. The van der Waals surface area contributed by atoms with Crippen molar-refractivity contribution in [3.8, 4) is 0 Å². The van der Waals surface area contributed by atoms with Gasteiger partial charge >= 0.3 is 0 Å². The molecule has 0 aliphatic heterocycles. The van der Waals surface area contributed by atoms with Crippen LogP contribution in [0.3, 0.4) is 0 Å². The first kappa shape index (κ1) is 25.1. The van der Waals surface area contributed by atoms with Gasteiger partial charge in [-0.15, -0.1) is 0 Å². The third-order valence-corrected chi connectivity index (χ3v) is 8.65. The minimum absolute atomic E-state index is 0.0773. The number of aromatic nitrogens is 3. The van der Waals surface area contributed by atoms with E-state index in [9.17, 15) is 26.6 Å². The predicted octanol–water partition coefficient (Wildman–Crippen LogP) is 4.76. The molecule has 6 rings (SSSR count). The standard InChI is InChI=1S/C23H27F4N5O3S/c1-20(7-23(26,27)8-20)12-32-16(19(33)30-13-4-5-29-14(6-13)36(3,28)34)15(18(24)25)17(31-32)21-9-22(10-21,11-21)35-2/h4-6,18,28H,7-12H2,1-3H3,(H,29,30,33). The third kappa shape index (κ3) is 4.00. The van der Waals surface area contributed by atoms with Crippen molar-refractivity contribution < 1.29 is 31.3 Å². The van der Waals surface area contributed by atoms with Crippen molar-refractivity contribution in [3.05, 3.63) is 35.3 Å². The molecule has 4 aliphatic rings. The fourth-order valence-corrected chi connectivity index (χ4v) is 6.77. The SMILES string of the molecule is COC12CC(c3nn(CC4(C)CC(F)(F)C4)c(C(=O)Nc4ccnc(S(C)(=N)=O)c4)c3C(F)F)(C1)C2. The number of halogens is 4. The summed E-state index contributed by atoms with van der Waals surface area (Å²) in [7, 11) is -1.61. The highest BCUT2D eigenvalue weighted by Crippen LogP contribution is 2.70. The lowest BCUT2D eigenvalue weighted by Crippen LogP contribution is -2.70. The van der Waals surface area contributed by atoms with Crippen LogP contribution >= 0.6 is 0 Å². The molecule has 0 spiro atoms. The van der Waals surface area contributed by atoms with Crippen molar-refractivity contribution in [2.24, 2.45) is 5.41 Å². The Hall–Kier alpha value is -2.54. The molecule has 0 radical (unpaired) electrons. The van der Waals surface area contributed by atoms with Crippen molar-refractivity contribution in [1.82, 2.24) is 14.8 Å². The van der Waals surface area contributed by atoms with Gasteiger partial charge in [-0.05, 0) is 36.8 Å². The van der Waals surface area contributed by atoms with Gasteiger partial charge in [0.05, 0.1) is 26.6 Å². The van der Waals surface area contributed by atoms with Gasteiger partial charge in [-0.3, -0.25) is 9.48 Å². The van der Waals surface area contributed by atoms with Crippen molar-refractivity contribution in [2.45, 2.75) is 74.0 Å². The Morgan fingerprint density at radius 2 is 1.92 bits per heavy atom. The van der Waals surface area contributed by atoms with Gasteiger partial charge in [-0.1, -0.05) is 6.92 Å². The third-order valence-electron chi connectivity index (χ3n) is 7.63. The van der Waals surface area contributed by atoms with Crippen LogP contribution in [-0.4, -0.2) is 49.8 Å². The maximum absolute atomic E-state index is 14.5.